The largest absolute Gasteiger partial charge is 0.480 e. The fourth-order valence-corrected chi connectivity index (χ4v) is 2.12. The quantitative estimate of drug-likeness (QED) is 0.607. The highest BCUT2D eigenvalue weighted by molar-refractivity contribution is 6.32. The standard InChI is InChI=1S/C16H13Cl2FN2O4/c1-9(16(23)21-12-3-2-6-20-15(12)18)25-14(22)8-24-13-5-4-10(19)7-11(13)17/h2-7,9H,8H2,1H3,(H,21,23)/t9-/m1/s1. The molecule has 1 N–H and O–H groups in total. The summed E-state index contributed by atoms with van der Waals surface area (Å²) in [5.41, 5.74) is 0.298. The average Bonchev–Trinajstić information content (AvgIpc) is 2.56. The van der Waals surface area contributed by atoms with Crippen molar-refractivity contribution >= 4 is 40.8 Å². The van der Waals surface area contributed by atoms with Gasteiger partial charge in [0.1, 0.15) is 11.6 Å². The first-order chi connectivity index (χ1) is 11.9. The molecule has 9 heteroatoms. The van der Waals surface area contributed by atoms with Gasteiger partial charge in [-0.15, -0.1) is 0 Å². The molecular weight excluding hydrogens is 374 g/mol. The van der Waals surface area contributed by atoms with Gasteiger partial charge in [0.2, 0.25) is 0 Å². The Hall–Kier alpha value is -2.38. The molecule has 2 rings (SSSR count). The number of nitrogens with zero attached hydrogens (tertiary/aromatic N) is 1. The van der Waals surface area contributed by atoms with E-state index >= 15 is 0 Å². The van der Waals surface area contributed by atoms with Crippen LogP contribution in [0.1, 0.15) is 6.92 Å². The van der Waals surface area contributed by atoms with E-state index < -0.39 is 30.4 Å². The number of halogens is 3. The molecule has 0 radical (unpaired) electrons. The van der Waals surface area contributed by atoms with E-state index in [1.54, 1.807) is 12.1 Å². The van der Waals surface area contributed by atoms with Crippen LogP contribution in [0.5, 0.6) is 5.75 Å². The van der Waals surface area contributed by atoms with E-state index in [0.717, 1.165) is 12.1 Å². The fraction of sp³-hybridized carbons (Fsp3) is 0.188. The maximum absolute atomic E-state index is 12.9. The predicted molar refractivity (Wildman–Crippen MR) is 90.3 cm³/mol. The van der Waals surface area contributed by atoms with Crippen molar-refractivity contribution in [2.75, 3.05) is 11.9 Å². The number of hydrogen-bond acceptors (Lipinski definition) is 5. The van der Waals surface area contributed by atoms with Crippen molar-refractivity contribution in [3.05, 3.63) is 52.5 Å². The minimum Gasteiger partial charge on any atom is -0.480 e. The molecule has 0 fully saturated rings. The zero-order valence-corrected chi connectivity index (χ0v) is 14.5. The van der Waals surface area contributed by atoms with Crippen LogP contribution in [0.3, 0.4) is 0 Å². The summed E-state index contributed by atoms with van der Waals surface area (Å²) >= 11 is 11.6. The van der Waals surface area contributed by atoms with Crippen LogP contribution in [0.2, 0.25) is 10.2 Å². The van der Waals surface area contributed by atoms with Gasteiger partial charge >= 0.3 is 5.97 Å². The van der Waals surface area contributed by atoms with Crippen molar-refractivity contribution in [3.63, 3.8) is 0 Å². The third kappa shape index (κ3) is 5.58. The van der Waals surface area contributed by atoms with E-state index in [1.807, 2.05) is 0 Å². The van der Waals surface area contributed by atoms with Crippen LogP contribution >= 0.6 is 23.2 Å². The summed E-state index contributed by atoms with van der Waals surface area (Å²) < 4.78 is 23.0. The first kappa shape index (κ1) is 19.0. The number of carbonyl (C=O) groups is 2. The lowest BCUT2D eigenvalue weighted by molar-refractivity contribution is -0.155. The van der Waals surface area contributed by atoms with E-state index in [4.69, 9.17) is 32.7 Å². The van der Waals surface area contributed by atoms with E-state index in [-0.39, 0.29) is 15.9 Å². The van der Waals surface area contributed by atoms with Gasteiger partial charge in [0.15, 0.2) is 17.9 Å². The number of nitrogens with one attached hydrogen (secondary N) is 1. The van der Waals surface area contributed by atoms with Gasteiger partial charge in [-0.25, -0.2) is 14.2 Å². The number of carbonyl (C=O) groups excluding carboxylic acids is 2. The first-order valence-electron chi connectivity index (χ1n) is 7.05. The molecule has 6 nitrogen and oxygen atoms in total. The molecule has 0 aliphatic rings. The Morgan fingerprint density at radius 2 is 2.08 bits per heavy atom. The van der Waals surface area contributed by atoms with Crippen LogP contribution < -0.4 is 10.1 Å². The molecule has 0 saturated heterocycles. The highest BCUT2D eigenvalue weighted by Gasteiger charge is 2.19. The van der Waals surface area contributed by atoms with Crippen molar-refractivity contribution in [3.8, 4) is 5.75 Å². The third-order valence-corrected chi connectivity index (χ3v) is 3.53. The number of anilines is 1. The number of pyridine rings is 1. The van der Waals surface area contributed by atoms with Gasteiger partial charge in [-0.1, -0.05) is 23.2 Å². The molecule has 0 bridgehead atoms. The number of aromatic nitrogens is 1. The van der Waals surface area contributed by atoms with Crippen LogP contribution in [0.25, 0.3) is 0 Å². The van der Waals surface area contributed by atoms with Crippen LogP contribution in [0.4, 0.5) is 10.1 Å². The van der Waals surface area contributed by atoms with Crippen molar-refractivity contribution in [1.82, 2.24) is 4.98 Å². The lowest BCUT2D eigenvalue weighted by Crippen LogP contribution is -2.31. The molecule has 25 heavy (non-hydrogen) atoms. The summed E-state index contributed by atoms with van der Waals surface area (Å²) in [5.74, 6) is -1.78. The van der Waals surface area contributed by atoms with Crippen LogP contribution in [0, 0.1) is 5.82 Å². The Morgan fingerprint density at radius 1 is 1.32 bits per heavy atom. The van der Waals surface area contributed by atoms with Crippen LogP contribution in [0.15, 0.2) is 36.5 Å². The summed E-state index contributed by atoms with van der Waals surface area (Å²) in [7, 11) is 0. The summed E-state index contributed by atoms with van der Waals surface area (Å²) in [6.45, 7) is 0.902. The summed E-state index contributed by atoms with van der Waals surface area (Å²) in [6.07, 6.45) is 0.385. The lowest BCUT2D eigenvalue weighted by atomic mass is 10.3. The van der Waals surface area contributed by atoms with Gasteiger partial charge in [-0.05, 0) is 37.3 Å². The molecule has 132 valence electrons. The normalized spacial score (nSPS) is 11.5. The smallest absolute Gasteiger partial charge is 0.344 e. The number of amides is 1. The van der Waals surface area contributed by atoms with Crippen LogP contribution in [-0.2, 0) is 14.3 Å². The van der Waals surface area contributed by atoms with Gasteiger partial charge in [-0.3, -0.25) is 4.79 Å². The Balaban J connectivity index is 1.85. The van der Waals surface area contributed by atoms with E-state index in [0.29, 0.717) is 5.69 Å². The van der Waals surface area contributed by atoms with E-state index in [9.17, 15) is 14.0 Å². The van der Waals surface area contributed by atoms with Gasteiger partial charge < -0.3 is 14.8 Å². The monoisotopic (exact) mass is 386 g/mol. The minimum absolute atomic E-state index is 0.0183. The molecule has 1 atom stereocenters. The molecule has 0 aliphatic heterocycles. The van der Waals surface area contributed by atoms with Gasteiger partial charge in [0, 0.05) is 6.20 Å². The number of benzene rings is 1. The Morgan fingerprint density at radius 3 is 2.76 bits per heavy atom. The molecule has 0 unspecified atom stereocenters. The molecule has 1 aromatic carbocycles. The second-order valence-corrected chi connectivity index (χ2v) is 5.59. The highest BCUT2D eigenvalue weighted by atomic mass is 35.5. The van der Waals surface area contributed by atoms with Crippen molar-refractivity contribution in [1.29, 1.82) is 0 Å². The maximum Gasteiger partial charge on any atom is 0.344 e. The third-order valence-electron chi connectivity index (χ3n) is 2.93. The van der Waals surface area contributed by atoms with Gasteiger partial charge in [0.05, 0.1) is 10.7 Å². The fourth-order valence-electron chi connectivity index (χ4n) is 1.73. The number of ether oxygens (including phenoxy) is 2. The number of esters is 1. The molecule has 0 spiro atoms. The van der Waals surface area contributed by atoms with Gasteiger partial charge in [-0.2, -0.15) is 0 Å². The topological polar surface area (TPSA) is 77.5 Å². The zero-order chi connectivity index (χ0) is 18.4. The Labute approximate surface area is 152 Å². The SMILES string of the molecule is C[C@@H](OC(=O)COc1ccc(F)cc1Cl)C(=O)Nc1cccnc1Cl. The van der Waals surface area contributed by atoms with Crippen LogP contribution in [-0.4, -0.2) is 29.6 Å². The number of hydrogen-bond donors (Lipinski definition) is 1. The second-order valence-electron chi connectivity index (χ2n) is 4.83. The van der Waals surface area contributed by atoms with Crippen molar-refractivity contribution in [2.45, 2.75) is 13.0 Å². The van der Waals surface area contributed by atoms with Gasteiger partial charge in [0.25, 0.3) is 5.91 Å². The summed E-state index contributed by atoms with van der Waals surface area (Å²) in [6, 6.07) is 6.63. The van der Waals surface area contributed by atoms with Crippen molar-refractivity contribution in [2.24, 2.45) is 0 Å². The lowest BCUT2D eigenvalue weighted by Gasteiger charge is -2.14. The molecule has 1 heterocycles. The average molecular weight is 387 g/mol. The summed E-state index contributed by atoms with van der Waals surface area (Å²) in [5, 5.41) is 2.62. The molecule has 0 saturated carbocycles. The second kappa shape index (κ2) is 8.64. The Bertz CT molecular complexity index is 788. The Kier molecular flexibility index (Phi) is 6.55. The van der Waals surface area contributed by atoms with E-state index in [1.165, 1.54) is 19.2 Å². The molecule has 1 aromatic heterocycles. The maximum atomic E-state index is 12.9. The summed E-state index contributed by atoms with van der Waals surface area (Å²) in [4.78, 5) is 27.5. The first-order valence-corrected chi connectivity index (χ1v) is 7.81. The molecular formula is C16H13Cl2FN2O4. The predicted octanol–water partition coefficient (Wildman–Crippen LogP) is 3.48. The molecule has 0 aliphatic carbocycles. The molecule has 1 amide bonds. The number of rotatable bonds is 6. The molecule has 2 aromatic rings. The van der Waals surface area contributed by atoms with Crippen molar-refractivity contribution < 1.29 is 23.5 Å². The highest BCUT2D eigenvalue weighted by Crippen LogP contribution is 2.24. The minimum atomic E-state index is -1.09. The van der Waals surface area contributed by atoms with E-state index in [2.05, 4.69) is 10.3 Å². The zero-order valence-electron chi connectivity index (χ0n) is 13.0.